The Hall–Kier alpha value is -1.45. The lowest BCUT2D eigenvalue weighted by atomic mass is 10.00. The van der Waals surface area contributed by atoms with E-state index < -0.39 is 23.1 Å². The van der Waals surface area contributed by atoms with Crippen LogP contribution >= 0.6 is 0 Å². The number of nitrogens with two attached hydrogens (primary N) is 1. The SMILES string of the molecule is CC(C)c1cc(F)c(F)c(C(N)=O)c1. The maximum absolute atomic E-state index is 13.0. The van der Waals surface area contributed by atoms with Crippen LogP contribution in [0, 0.1) is 11.6 Å². The third kappa shape index (κ3) is 1.89. The van der Waals surface area contributed by atoms with Crippen LogP contribution in [-0.4, -0.2) is 5.91 Å². The molecule has 0 heterocycles. The number of halogens is 2. The van der Waals surface area contributed by atoms with Crippen LogP contribution in [0.1, 0.15) is 35.7 Å². The molecule has 2 N–H and O–H groups in total. The number of carbonyl (C=O) groups is 1. The quantitative estimate of drug-likeness (QED) is 0.779. The fourth-order valence-electron chi connectivity index (χ4n) is 1.12. The van der Waals surface area contributed by atoms with Gasteiger partial charge in [-0.3, -0.25) is 4.79 Å². The summed E-state index contributed by atoms with van der Waals surface area (Å²) in [6, 6.07) is 2.36. The fourth-order valence-corrected chi connectivity index (χ4v) is 1.12. The van der Waals surface area contributed by atoms with Gasteiger partial charge in [0, 0.05) is 0 Å². The molecule has 0 atom stereocenters. The Morgan fingerprint density at radius 2 is 1.93 bits per heavy atom. The first-order valence-electron chi connectivity index (χ1n) is 4.22. The third-order valence-electron chi connectivity index (χ3n) is 1.98. The van der Waals surface area contributed by atoms with Gasteiger partial charge in [0.05, 0.1) is 5.56 Å². The average molecular weight is 199 g/mol. The maximum atomic E-state index is 13.0. The summed E-state index contributed by atoms with van der Waals surface area (Å²) in [6.45, 7) is 3.63. The van der Waals surface area contributed by atoms with Gasteiger partial charge in [0.1, 0.15) is 0 Å². The van der Waals surface area contributed by atoms with E-state index in [1.54, 1.807) is 0 Å². The molecule has 1 amide bonds. The summed E-state index contributed by atoms with van der Waals surface area (Å²) in [7, 11) is 0. The summed E-state index contributed by atoms with van der Waals surface area (Å²) in [5.74, 6) is -3.15. The maximum Gasteiger partial charge on any atom is 0.251 e. The summed E-state index contributed by atoms with van der Waals surface area (Å²) < 4.78 is 26.0. The second-order valence-electron chi connectivity index (χ2n) is 3.38. The molecule has 1 rings (SSSR count). The molecule has 0 spiro atoms. The monoisotopic (exact) mass is 199 g/mol. The van der Waals surface area contributed by atoms with Gasteiger partial charge in [0.25, 0.3) is 5.91 Å². The van der Waals surface area contributed by atoms with Gasteiger partial charge < -0.3 is 5.73 Å². The van der Waals surface area contributed by atoms with Crippen LogP contribution < -0.4 is 5.73 Å². The van der Waals surface area contributed by atoms with Gasteiger partial charge in [-0.05, 0) is 23.6 Å². The minimum absolute atomic E-state index is 0.0169. The lowest BCUT2D eigenvalue weighted by Crippen LogP contribution is -2.15. The van der Waals surface area contributed by atoms with Crippen molar-refractivity contribution < 1.29 is 13.6 Å². The van der Waals surface area contributed by atoms with E-state index in [2.05, 4.69) is 0 Å². The lowest BCUT2D eigenvalue weighted by molar-refractivity contribution is 0.0995. The van der Waals surface area contributed by atoms with Crippen molar-refractivity contribution in [2.45, 2.75) is 19.8 Å². The molecule has 0 unspecified atom stereocenters. The topological polar surface area (TPSA) is 43.1 Å². The first-order chi connectivity index (χ1) is 6.43. The van der Waals surface area contributed by atoms with E-state index in [1.165, 1.54) is 6.07 Å². The van der Waals surface area contributed by atoms with Gasteiger partial charge in [0.15, 0.2) is 11.6 Å². The van der Waals surface area contributed by atoms with E-state index in [-0.39, 0.29) is 5.92 Å². The van der Waals surface area contributed by atoms with Gasteiger partial charge in [-0.15, -0.1) is 0 Å². The van der Waals surface area contributed by atoms with Crippen LogP contribution in [0.4, 0.5) is 8.78 Å². The highest BCUT2D eigenvalue weighted by atomic mass is 19.2. The van der Waals surface area contributed by atoms with E-state index in [9.17, 15) is 13.6 Å². The number of hydrogen-bond donors (Lipinski definition) is 1. The first kappa shape index (κ1) is 10.6. The predicted molar refractivity (Wildman–Crippen MR) is 49.0 cm³/mol. The number of carbonyl (C=O) groups excluding carboxylic acids is 1. The zero-order valence-electron chi connectivity index (χ0n) is 7.97. The van der Waals surface area contributed by atoms with Gasteiger partial charge >= 0.3 is 0 Å². The molecular formula is C10H11F2NO. The number of primary amides is 1. The smallest absolute Gasteiger partial charge is 0.251 e. The molecule has 0 radical (unpaired) electrons. The van der Waals surface area contributed by atoms with Crippen molar-refractivity contribution in [2.24, 2.45) is 5.73 Å². The number of hydrogen-bond acceptors (Lipinski definition) is 1. The van der Waals surface area contributed by atoms with Gasteiger partial charge in [-0.2, -0.15) is 0 Å². The lowest BCUT2D eigenvalue weighted by Gasteiger charge is -2.08. The molecular weight excluding hydrogens is 188 g/mol. The van der Waals surface area contributed by atoms with Crippen molar-refractivity contribution in [3.8, 4) is 0 Å². The van der Waals surface area contributed by atoms with Crippen molar-refractivity contribution in [1.29, 1.82) is 0 Å². The zero-order chi connectivity index (χ0) is 10.9. The first-order valence-corrected chi connectivity index (χ1v) is 4.22. The van der Waals surface area contributed by atoms with E-state index >= 15 is 0 Å². The molecule has 76 valence electrons. The number of benzene rings is 1. The second-order valence-corrected chi connectivity index (χ2v) is 3.38. The van der Waals surface area contributed by atoms with Gasteiger partial charge in [-0.1, -0.05) is 13.8 Å². The summed E-state index contributed by atoms with van der Waals surface area (Å²) in [5.41, 5.74) is 5.07. The highest BCUT2D eigenvalue weighted by Crippen LogP contribution is 2.20. The molecule has 0 fully saturated rings. The highest BCUT2D eigenvalue weighted by molar-refractivity contribution is 5.93. The van der Waals surface area contributed by atoms with Crippen molar-refractivity contribution in [3.63, 3.8) is 0 Å². The Morgan fingerprint density at radius 3 is 2.36 bits per heavy atom. The van der Waals surface area contributed by atoms with Gasteiger partial charge in [-0.25, -0.2) is 8.78 Å². The van der Waals surface area contributed by atoms with Crippen molar-refractivity contribution in [1.82, 2.24) is 0 Å². The Kier molecular flexibility index (Phi) is 2.84. The largest absolute Gasteiger partial charge is 0.366 e. The molecule has 0 aromatic heterocycles. The van der Waals surface area contributed by atoms with Crippen LogP contribution in [-0.2, 0) is 0 Å². The molecule has 0 bridgehead atoms. The molecule has 0 saturated heterocycles. The van der Waals surface area contributed by atoms with E-state index in [1.807, 2.05) is 13.8 Å². The molecule has 4 heteroatoms. The average Bonchev–Trinajstić information content (AvgIpc) is 2.08. The van der Waals surface area contributed by atoms with Crippen LogP contribution in [0.25, 0.3) is 0 Å². The molecule has 0 aliphatic heterocycles. The number of amides is 1. The van der Waals surface area contributed by atoms with Crippen molar-refractivity contribution >= 4 is 5.91 Å². The third-order valence-corrected chi connectivity index (χ3v) is 1.98. The van der Waals surface area contributed by atoms with E-state index in [0.717, 1.165) is 6.07 Å². The minimum atomic E-state index is -1.18. The molecule has 0 aliphatic carbocycles. The normalized spacial score (nSPS) is 10.6. The van der Waals surface area contributed by atoms with Crippen molar-refractivity contribution in [3.05, 3.63) is 34.9 Å². The second kappa shape index (κ2) is 3.74. The van der Waals surface area contributed by atoms with E-state index in [0.29, 0.717) is 5.56 Å². The predicted octanol–water partition coefficient (Wildman–Crippen LogP) is 2.19. The highest BCUT2D eigenvalue weighted by Gasteiger charge is 2.15. The molecule has 0 aliphatic rings. The van der Waals surface area contributed by atoms with Crippen molar-refractivity contribution in [2.75, 3.05) is 0 Å². The minimum Gasteiger partial charge on any atom is -0.366 e. The van der Waals surface area contributed by atoms with Crippen LogP contribution in [0.3, 0.4) is 0 Å². The summed E-state index contributed by atoms with van der Waals surface area (Å²) >= 11 is 0. The Bertz CT molecular complexity index is 375. The molecule has 1 aromatic rings. The molecule has 14 heavy (non-hydrogen) atoms. The van der Waals surface area contributed by atoms with Gasteiger partial charge in [0.2, 0.25) is 0 Å². The summed E-state index contributed by atoms with van der Waals surface area (Å²) in [5, 5.41) is 0. The summed E-state index contributed by atoms with van der Waals surface area (Å²) in [6.07, 6.45) is 0. The Labute approximate surface area is 80.7 Å². The standard InChI is InChI=1S/C10H11F2NO/c1-5(2)6-3-7(10(13)14)9(12)8(11)4-6/h3-5H,1-2H3,(H2,13,14). The zero-order valence-corrected chi connectivity index (χ0v) is 7.97. The van der Waals surface area contributed by atoms with Crippen LogP contribution in [0.5, 0.6) is 0 Å². The molecule has 1 aromatic carbocycles. The Balaban J connectivity index is 3.35. The fraction of sp³-hybridized carbons (Fsp3) is 0.300. The van der Waals surface area contributed by atoms with Crippen LogP contribution in [0.15, 0.2) is 12.1 Å². The molecule has 0 saturated carbocycles. The van der Waals surface area contributed by atoms with E-state index in [4.69, 9.17) is 5.73 Å². The Morgan fingerprint density at radius 1 is 1.36 bits per heavy atom. The molecule has 2 nitrogen and oxygen atoms in total. The summed E-state index contributed by atoms with van der Waals surface area (Å²) in [4.78, 5) is 10.8. The van der Waals surface area contributed by atoms with Crippen LogP contribution in [0.2, 0.25) is 0 Å². The number of rotatable bonds is 2.